The van der Waals surface area contributed by atoms with E-state index >= 15 is 0 Å². The molecule has 5 nitrogen and oxygen atoms in total. The van der Waals surface area contributed by atoms with Crippen molar-refractivity contribution >= 4 is 44.6 Å². The number of hydrogen-bond acceptors (Lipinski definition) is 4. The number of aromatic nitrogens is 4. The number of benzene rings is 1. The van der Waals surface area contributed by atoms with E-state index in [4.69, 9.17) is 32.9 Å². The topological polar surface area (TPSA) is 52.3 Å². The second kappa shape index (κ2) is 8.77. The van der Waals surface area contributed by atoms with Crippen LogP contribution in [0.2, 0.25) is 10.2 Å². The Kier molecular flexibility index (Phi) is 6.24. The summed E-state index contributed by atoms with van der Waals surface area (Å²) in [7, 11) is 0. The number of nitrogens with zero attached hydrogens (tertiary/aromatic N) is 4. The fourth-order valence-electron chi connectivity index (χ4n) is 3.83. The maximum Gasteiger partial charge on any atom is 0.155 e. The molecule has 0 saturated heterocycles. The molecular formula is C23H21BrCl2N4O. The van der Waals surface area contributed by atoms with Gasteiger partial charge in [-0.25, -0.2) is 9.97 Å². The van der Waals surface area contributed by atoms with Gasteiger partial charge in [-0.15, -0.1) is 0 Å². The summed E-state index contributed by atoms with van der Waals surface area (Å²) in [4.78, 5) is 13.3. The van der Waals surface area contributed by atoms with Crippen molar-refractivity contribution in [1.29, 1.82) is 0 Å². The van der Waals surface area contributed by atoms with Crippen LogP contribution in [-0.4, -0.2) is 26.0 Å². The Balaban J connectivity index is 1.98. The Hall–Kier alpha value is -2.15. The van der Waals surface area contributed by atoms with Gasteiger partial charge >= 0.3 is 0 Å². The van der Waals surface area contributed by atoms with Crippen LogP contribution in [-0.2, 0) is 0 Å². The first kappa shape index (κ1) is 22.1. The van der Waals surface area contributed by atoms with Gasteiger partial charge < -0.3 is 4.74 Å². The Labute approximate surface area is 199 Å². The summed E-state index contributed by atoms with van der Waals surface area (Å²) in [5.74, 6) is 1.46. The SMILES string of the molecule is CCOc1c(C(C)c2nc(Br)c3c(Cl)nccn23)cc(Cl)c(C)c1-c1cncc(C)c1. The first-order chi connectivity index (χ1) is 14.8. The number of halogens is 3. The third-order valence-corrected chi connectivity index (χ3v) is 6.53. The minimum atomic E-state index is -0.131. The fourth-order valence-corrected chi connectivity index (χ4v) is 4.96. The number of imidazole rings is 1. The van der Waals surface area contributed by atoms with Crippen LogP contribution >= 0.6 is 39.1 Å². The molecule has 0 aliphatic carbocycles. The first-order valence-corrected chi connectivity index (χ1v) is 11.4. The van der Waals surface area contributed by atoms with E-state index in [-0.39, 0.29) is 5.92 Å². The quantitative estimate of drug-likeness (QED) is 0.284. The van der Waals surface area contributed by atoms with Gasteiger partial charge in [-0.2, -0.15) is 0 Å². The summed E-state index contributed by atoms with van der Waals surface area (Å²) in [6, 6.07) is 4.06. The molecule has 0 aliphatic heterocycles. The van der Waals surface area contributed by atoms with E-state index in [0.29, 0.717) is 21.4 Å². The van der Waals surface area contributed by atoms with Crippen LogP contribution in [0.4, 0.5) is 0 Å². The number of hydrogen-bond donors (Lipinski definition) is 0. The normalized spacial score (nSPS) is 12.4. The molecule has 1 unspecified atom stereocenters. The van der Waals surface area contributed by atoms with E-state index in [0.717, 1.165) is 44.9 Å². The average molecular weight is 520 g/mol. The number of ether oxygens (including phenoxy) is 1. The molecule has 4 aromatic rings. The van der Waals surface area contributed by atoms with Gasteiger partial charge in [-0.1, -0.05) is 30.1 Å². The maximum absolute atomic E-state index is 6.72. The zero-order valence-electron chi connectivity index (χ0n) is 17.6. The molecule has 0 radical (unpaired) electrons. The maximum atomic E-state index is 6.72. The zero-order valence-corrected chi connectivity index (χ0v) is 20.7. The predicted molar refractivity (Wildman–Crippen MR) is 129 cm³/mol. The van der Waals surface area contributed by atoms with Gasteiger partial charge in [0.2, 0.25) is 0 Å². The van der Waals surface area contributed by atoms with E-state index in [2.05, 4.69) is 38.9 Å². The van der Waals surface area contributed by atoms with Gasteiger partial charge in [0.05, 0.1) is 6.61 Å². The largest absolute Gasteiger partial charge is 0.493 e. The van der Waals surface area contributed by atoms with Crippen molar-refractivity contribution in [2.45, 2.75) is 33.6 Å². The van der Waals surface area contributed by atoms with Gasteiger partial charge in [-0.3, -0.25) is 9.38 Å². The van der Waals surface area contributed by atoms with Gasteiger partial charge in [0.15, 0.2) is 5.15 Å². The van der Waals surface area contributed by atoms with Gasteiger partial charge in [0, 0.05) is 52.4 Å². The summed E-state index contributed by atoms with van der Waals surface area (Å²) < 4.78 is 8.80. The predicted octanol–water partition coefficient (Wildman–Crippen LogP) is 7.03. The van der Waals surface area contributed by atoms with E-state index in [9.17, 15) is 0 Å². The van der Waals surface area contributed by atoms with E-state index < -0.39 is 0 Å². The van der Waals surface area contributed by atoms with Crippen LogP contribution in [0.5, 0.6) is 5.75 Å². The highest BCUT2D eigenvalue weighted by atomic mass is 79.9. The molecule has 160 valence electrons. The molecule has 8 heteroatoms. The van der Waals surface area contributed by atoms with Crippen LogP contribution in [0.25, 0.3) is 16.6 Å². The molecule has 0 bridgehead atoms. The second-order valence-electron chi connectivity index (χ2n) is 7.38. The van der Waals surface area contributed by atoms with Gasteiger partial charge in [0.25, 0.3) is 0 Å². The smallest absolute Gasteiger partial charge is 0.155 e. The van der Waals surface area contributed by atoms with Crippen molar-refractivity contribution in [3.05, 3.63) is 74.2 Å². The van der Waals surface area contributed by atoms with Crippen LogP contribution < -0.4 is 4.74 Å². The lowest BCUT2D eigenvalue weighted by atomic mass is 9.91. The number of fused-ring (bicyclic) bond motifs is 1. The third kappa shape index (κ3) is 3.93. The monoisotopic (exact) mass is 518 g/mol. The van der Waals surface area contributed by atoms with E-state index in [1.54, 1.807) is 6.20 Å². The molecule has 1 atom stereocenters. The van der Waals surface area contributed by atoms with Crippen LogP contribution in [0, 0.1) is 13.8 Å². The summed E-state index contributed by atoms with van der Waals surface area (Å²) >= 11 is 16.6. The minimum absolute atomic E-state index is 0.131. The van der Waals surface area contributed by atoms with Crippen LogP contribution in [0.3, 0.4) is 0 Å². The molecule has 3 heterocycles. The van der Waals surface area contributed by atoms with Crippen LogP contribution in [0.15, 0.2) is 41.5 Å². The van der Waals surface area contributed by atoms with Crippen molar-refractivity contribution in [2.75, 3.05) is 6.61 Å². The van der Waals surface area contributed by atoms with E-state index in [1.807, 2.05) is 49.8 Å². The fraction of sp³-hybridized carbons (Fsp3) is 0.261. The van der Waals surface area contributed by atoms with Crippen molar-refractivity contribution in [2.24, 2.45) is 0 Å². The van der Waals surface area contributed by atoms with Gasteiger partial charge in [-0.05, 0) is 60.0 Å². The second-order valence-corrected chi connectivity index (χ2v) is 8.90. The number of rotatable bonds is 5. The summed E-state index contributed by atoms with van der Waals surface area (Å²) in [5.41, 5.74) is 5.62. The van der Waals surface area contributed by atoms with E-state index in [1.165, 1.54) is 0 Å². The van der Waals surface area contributed by atoms with Gasteiger partial charge in [0.1, 0.15) is 21.7 Å². The highest BCUT2D eigenvalue weighted by molar-refractivity contribution is 9.10. The minimum Gasteiger partial charge on any atom is -0.493 e. The van der Waals surface area contributed by atoms with Crippen molar-refractivity contribution in [3.63, 3.8) is 0 Å². The summed E-state index contributed by atoms with van der Waals surface area (Å²) in [6.45, 7) is 8.60. The molecule has 0 fully saturated rings. The molecular weight excluding hydrogens is 499 g/mol. The Morgan fingerprint density at radius 3 is 2.68 bits per heavy atom. The number of pyridine rings is 1. The Morgan fingerprint density at radius 2 is 1.97 bits per heavy atom. The molecule has 0 spiro atoms. The molecule has 0 amide bonds. The summed E-state index contributed by atoms with van der Waals surface area (Å²) in [5, 5.41) is 1.06. The van der Waals surface area contributed by atoms with Crippen LogP contribution in [0.1, 0.15) is 42.3 Å². The molecule has 0 N–H and O–H groups in total. The first-order valence-electron chi connectivity index (χ1n) is 9.89. The third-order valence-electron chi connectivity index (χ3n) is 5.31. The Morgan fingerprint density at radius 1 is 1.19 bits per heavy atom. The summed E-state index contributed by atoms with van der Waals surface area (Å²) in [6.07, 6.45) is 7.19. The molecule has 3 aromatic heterocycles. The lowest BCUT2D eigenvalue weighted by Gasteiger charge is -2.22. The lowest BCUT2D eigenvalue weighted by Crippen LogP contribution is -2.08. The molecule has 0 saturated carbocycles. The Bertz CT molecular complexity index is 1290. The number of aryl methyl sites for hydroxylation is 1. The van der Waals surface area contributed by atoms with Crippen molar-refractivity contribution in [1.82, 2.24) is 19.4 Å². The van der Waals surface area contributed by atoms with Crippen molar-refractivity contribution in [3.8, 4) is 16.9 Å². The molecule has 4 rings (SSSR count). The zero-order chi connectivity index (χ0) is 22.3. The average Bonchev–Trinajstić information content (AvgIpc) is 3.08. The van der Waals surface area contributed by atoms with Crippen molar-refractivity contribution < 1.29 is 4.74 Å². The standard InChI is InChI=1S/C23H21BrCl2N4O/c1-5-31-20-16(9-17(25)14(4)18(20)15-8-12(2)10-27-11-15)13(3)23-29-21(24)19-22(26)28-6-7-30(19)23/h6-11,13H,5H2,1-4H3. The molecule has 1 aromatic carbocycles. The highest BCUT2D eigenvalue weighted by Crippen LogP contribution is 2.44. The molecule has 31 heavy (non-hydrogen) atoms. The highest BCUT2D eigenvalue weighted by Gasteiger charge is 2.26. The molecule has 0 aliphatic rings. The lowest BCUT2D eigenvalue weighted by molar-refractivity contribution is 0.336.